The van der Waals surface area contributed by atoms with E-state index in [2.05, 4.69) is 5.32 Å². The molecule has 3 aromatic carbocycles. The van der Waals surface area contributed by atoms with Gasteiger partial charge in [0.15, 0.2) is 0 Å². The highest BCUT2D eigenvalue weighted by Gasteiger charge is 2.36. The molecule has 6 nitrogen and oxygen atoms in total. The summed E-state index contributed by atoms with van der Waals surface area (Å²) in [6.07, 6.45) is 1.88. The summed E-state index contributed by atoms with van der Waals surface area (Å²) >= 11 is 0. The van der Waals surface area contributed by atoms with E-state index in [1.54, 1.807) is 48.5 Å². The zero-order chi connectivity index (χ0) is 23.4. The Bertz CT molecular complexity index is 1250. The van der Waals surface area contributed by atoms with Crippen molar-refractivity contribution in [3.05, 3.63) is 101 Å². The summed E-state index contributed by atoms with van der Waals surface area (Å²) in [5, 5.41) is 2.21. The molecule has 0 radical (unpaired) electrons. The number of barbiturate groups is 1. The van der Waals surface area contributed by atoms with E-state index in [1.807, 2.05) is 19.1 Å². The molecule has 1 saturated heterocycles. The van der Waals surface area contributed by atoms with Crippen LogP contribution < -0.4 is 15.0 Å². The van der Waals surface area contributed by atoms with Crippen molar-refractivity contribution >= 4 is 29.6 Å². The number of rotatable bonds is 6. The first-order chi connectivity index (χ1) is 16.0. The maximum atomic E-state index is 13.6. The Morgan fingerprint density at radius 3 is 2.48 bits per heavy atom. The fourth-order valence-electron chi connectivity index (χ4n) is 3.60. The van der Waals surface area contributed by atoms with Crippen molar-refractivity contribution < 1.29 is 23.5 Å². The topological polar surface area (TPSA) is 75.7 Å². The highest BCUT2D eigenvalue weighted by atomic mass is 19.1. The number of imide groups is 2. The minimum absolute atomic E-state index is 0.168. The van der Waals surface area contributed by atoms with Crippen LogP contribution in [0.4, 0.5) is 14.9 Å². The van der Waals surface area contributed by atoms with Crippen LogP contribution in [-0.4, -0.2) is 24.5 Å². The molecule has 4 rings (SSSR count). The van der Waals surface area contributed by atoms with Gasteiger partial charge in [-0.2, -0.15) is 0 Å². The Balaban J connectivity index is 1.67. The van der Waals surface area contributed by atoms with Gasteiger partial charge in [0.05, 0.1) is 12.3 Å². The van der Waals surface area contributed by atoms with Crippen molar-refractivity contribution in [1.82, 2.24) is 5.32 Å². The number of urea groups is 1. The highest BCUT2D eigenvalue weighted by molar-refractivity contribution is 6.39. The molecule has 0 bridgehead atoms. The number of hydrogen-bond acceptors (Lipinski definition) is 4. The lowest BCUT2D eigenvalue weighted by Crippen LogP contribution is -2.54. The second kappa shape index (κ2) is 9.48. The monoisotopic (exact) mass is 444 g/mol. The van der Waals surface area contributed by atoms with E-state index < -0.39 is 17.8 Å². The minimum Gasteiger partial charge on any atom is -0.494 e. The second-order valence-corrected chi connectivity index (χ2v) is 7.40. The number of benzene rings is 3. The first kappa shape index (κ1) is 22.0. The molecule has 0 aromatic heterocycles. The fourth-order valence-corrected chi connectivity index (χ4v) is 3.60. The largest absolute Gasteiger partial charge is 0.494 e. The number of anilines is 1. The minimum atomic E-state index is -0.797. The van der Waals surface area contributed by atoms with Crippen LogP contribution in [-0.2, 0) is 16.0 Å². The third-order valence-corrected chi connectivity index (χ3v) is 5.10. The number of nitrogens with zero attached hydrogens (tertiary/aromatic N) is 1. The number of nitrogens with one attached hydrogen (secondary N) is 1. The lowest BCUT2D eigenvalue weighted by Gasteiger charge is -2.26. The standard InChI is InChI=1S/C26H21FN2O4/c1-2-33-23-16-18(11-12-19(23)13-17-7-6-8-20(27)14-17)15-22-24(30)28-26(32)29(25(22)31)21-9-4-3-5-10-21/h3-12,14-16H,2,13H2,1H3,(H,28,30,32)/b22-15+. The summed E-state index contributed by atoms with van der Waals surface area (Å²) in [5.74, 6) is -1.22. The van der Waals surface area contributed by atoms with Gasteiger partial charge in [0.2, 0.25) is 0 Å². The Hall–Kier alpha value is -4.26. The van der Waals surface area contributed by atoms with Crippen molar-refractivity contribution in [3.63, 3.8) is 0 Å². The molecule has 33 heavy (non-hydrogen) atoms. The van der Waals surface area contributed by atoms with Gasteiger partial charge in [0, 0.05) is 6.42 Å². The highest BCUT2D eigenvalue weighted by Crippen LogP contribution is 2.27. The van der Waals surface area contributed by atoms with Gasteiger partial charge in [-0.3, -0.25) is 14.9 Å². The van der Waals surface area contributed by atoms with Gasteiger partial charge >= 0.3 is 6.03 Å². The molecule has 1 N–H and O–H groups in total. The van der Waals surface area contributed by atoms with Crippen molar-refractivity contribution in [2.75, 3.05) is 11.5 Å². The molecule has 1 aliphatic rings. The number of para-hydroxylation sites is 1. The Morgan fingerprint density at radius 2 is 1.76 bits per heavy atom. The maximum Gasteiger partial charge on any atom is 0.335 e. The Morgan fingerprint density at radius 1 is 0.970 bits per heavy atom. The van der Waals surface area contributed by atoms with Crippen LogP contribution in [0.3, 0.4) is 0 Å². The van der Waals surface area contributed by atoms with Gasteiger partial charge in [0.1, 0.15) is 17.1 Å². The SMILES string of the molecule is CCOc1cc(/C=C2\C(=O)NC(=O)N(c3ccccc3)C2=O)ccc1Cc1cccc(F)c1. The van der Waals surface area contributed by atoms with Crippen LogP contribution in [0, 0.1) is 5.82 Å². The molecule has 1 heterocycles. The molecule has 0 saturated carbocycles. The molecule has 3 aromatic rings. The van der Waals surface area contributed by atoms with Gasteiger partial charge < -0.3 is 4.74 Å². The van der Waals surface area contributed by atoms with Crippen LogP contribution in [0.2, 0.25) is 0 Å². The lowest BCUT2D eigenvalue weighted by atomic mass is 10.0. The predicted molar refractivity (Wildman–Crippen MR) is 122 cm³/mol. The van der Waals surface area contributed by atoms with Gasteiger partial charge in [-0.05, 0) is 60.0 Å². The van der Waals surface area contributed by atoms with Crippen molar-refractivity contribution in [1.29, 1.82) is 0 Å². The number of ether oxygens (including phenoxy) is 1. The van der Waals surface area contributed by atoms with E-state index in [4.69, 9.17) is 4.74 Å². The maximum absolute atomic E-state index is 13.6. The molecular formula is C26H21FN2O4. The smallest absolute Gasteiger partial charge is 0.335 e. The van der Waals surface area contributed by atoms with E-state index in [1.165, 1.54) is 18.2 Å². The zero-order valence-electron chi connectivity index (χ0n) is 17.9. The third kappa shape index (κ3) is 4.82. The summed E-state index contributed by atoms with van der Waals surface area (Å²) in [6, 6.07) is 19.2. The number of carbonyl (C=O) groups is 3. The van der Waals surface area contributed by atoms with Crippen molar-refractivity contribution in [2.45, 2.75) is 13.3 Å². The van der Waals surface area contributed by atoms with Gasteiger partial charge in [-0.15, -0.1) is 0 Å². The summed E-state index contributed by atoms with van der Waals surface area (Å²) in [4.78, 5) is 38.7. The molecule has 4 amide bonds. The molecule has 0 unspecified atom stereocenters. The Kier molecular flexibility index (Phi) is 6.31. The molecule has 7 heteroatoms. The first-order valence-corrected chi connectivity index (χ1v) is 10.4. The van der Waals surface area contributed by atoms with Crippen LogP contribution in [0.25, 0.3) is 6.08 Å². The van der Waals surface area contributed by atoms with Crippen LogP contribution in [0.1, 0.15) is 23.6 Å². The van der Waals surface area contributed by atoms with Crippen molar-refractivity contribution in [2.24, 2.45) is 0 Å². The summed E-state index contributed by atoms with van der Waals surface area (Å²) in [6.45, 7) is 2.25. The number of halogens is 1. The normalized spacial score (nSPS) is 15.0. The fraction of sp³-hybridized carbons (Fsp3) is 0.115. The Labute approximate surface area is 190 Å². The summed E-state index contributed by atoms with van der Waals surface area (Å²) in [7, 11) is 0. The molecule has 0 aliphatic carbocycles. The summed E-state index contributed by atoms with van der Waals surface area (Å²) in [5.41, 5.74) is 2.38. The average Bonchev–Trinajstić information content (AvgIpc) is 2.79. The third-order valence-electron chi connectivity index (χ3n) is 5.10. The summed E-state index contributed by atoms with van der Waals surface area (Å²) < 4.78 is 19.3. The molecule has 0 spiro atoms. The van der Waals surface area contributed by atoms with Gasteiger partial charge in [-0.1, -0.05) is 42.5 Å². The van der Waals surface area contributed by atoms with Crippen LogP contribution in [0.5, 0.6) is 5.75 Å². The van der Waals surface area contributed by atoms with Gasteiger partial charge in [-0.25, -0.2) is 14.1 Å². The molecule has 1 fully saturated rings. The van der Waals surface area contributed by atoms with Crippen LogP contribution in [0.15, 0.2) is 78.4 Å². The quantitative estimate of drug-likeness (QED) is 0.449. The van der Waals surface area contributed by atoms with Crippen molar-refractivity contribution in [3.8, 4) is 5.75 Å². The number of amides is 4. The second-order valence-electron chi connectivity index (χ2n) is 7.40. The van der Waals surface area contributed by atoms with E-state index in [-0.39, 0.29) is 11.4 Å². The lowest BCUT2D eigenvalue weighted by molar-refractivity contribution is -0.122. The van der Waals surface area contributed by atoms with E-state index in [9.17, 15) is 18.8 Å². The van der Waals surface area contributed by atoms with E-state index in [0.717, 1.165) is 16.0 Å². The molecular weight excluding hydrogens is 423 g/mol. The first-order valence-electron chi connectivity index (χ1n) is 10.4. The average molecular weight is 444 g/mol. The molecule has 0 atom stereocenters. The van der Waals surface area contributed by atoms with E-state index in [0.29, 0.717) is 30.0 Å². The zero-order valence-corrected chi connectivity index (χ0v) is 17.9. The number of hydrogen-bond donors (Lipinski definition) is 1. The molecule has 166 valence electrons. The number of carbonyl (C=O) groups excluding carboxylic acids is 3. The van der Waals surface area contributed by atoms with Crippen LogP contribution >= 0.6 is 0 Å². The molecule has 1 aliphatic heterocycles. The van der Waals surface area contributed by atoms with E-state index >= 15 is 0 Å². The van der Waals surface area contributed by atoms with Gasteiger partial charge in [0.25, 0.3) is 11.8 Å². The predicted octanol–water partition coefficient (Wildman–Crippen LogP) is 4.48.